The zero-order chi connectivity index (χ0) is 16.9. The minimum atomic E-state index is 0. The topological polar surface area (TPSA) is 0 Å². The van der Waals surface area contributed by atoms with Gasteiger partial charge in [-0.1, -0.05) is 20.8 Å². The van der Waals surface area contributed by atoms with Gasteiger partial charge in [-0.05, 0) is 0 Å². The predicted molar refractivity (Wildman–Crippen MR) is 98.6 cm³/mol. The summed E-state index contributed by atoms with van der Waals surface area (Å²) in [4.78, 5) is 0. The normalized spacial score (nSPS) is 8.48. The molecule has 0 bridgehead atoms. The van der Waals surface area contributed by atoms with Gasteiger partial charge in [0.2, 0.25) is 0 Å². The van der Waals surface area contributed by atoms with Crippen molar-refractivity contribution in [3.63, 3.8) is 0 Å². The molecule has 0 aromatic heterocycles. The summed E-state index contributed by atoms with van der Waals surface area (Å²) in [6.45, 7) is 21.3. The molecule has 0 nitrogen and oxygen atoms in total. The van der Waals surface area contributed by atoms with E-state index in [1.54, 1.807) is 13.8 Å². The first kappa shape index (κ1) is 34.0. The summed E-state index contributed by atoms with van der Waals surface area (Å²) >= 11 is 0. The van der Waals surface area contributed by atoms with Crippen molar-refractivity contribution in [3.8, 4) is 0 Å². The van der Waals surface area contributed by atoms with E-state index in [9.17, 15) is 0 Å². The van der Waals surface area contributed by atoms with Crippen molar-refractivity contribution in [2.24, 2.45) is 0 Å². The van der Waals surface area contributed by atoms with E-state index in [1.807, 2.05) is 69.3 Å². The van der Waals surface area contributed by atoms with Gasteiger partial charge in [0.25, 0.3) is 0 Å². The zero-order valence-electron chi connectivity index (χ0n) is 15.1. The smallest absolute Gasteiger partial charge is 0.346 e. The molecule has 0 amide bonds. The Labute approximate surface area is 171 Å². The standard InChI is InChI=1S/C7H11.2C5H5.2C2H5.2Ru/c1-6(2)5-7(3)4;2*1-2-4-5-3-1;2*1-2;;/h1,5H,2-4H3;1-3H,4H2;1-5H;2*1H2,2H3;;/q5*-1;+2;+3. The molecule has 0 N–H and O–H groups in total. The number of allylic oxidation sites excluding steroid dienone is 7. The van der Waals surface area contributed by atoms with Crippen LogP contribution in [0.15, 0.2) is 65.8 Å². The van der Waals surface area contributed by atoms with Crippen LogP contribution in [0.3, 0.4) is 0 Å². The molecule has 1 aromatic rings. The fourth-order valence-electron chi connectivity index (χ4n) is 1.12. The fraction of sp³-hybridized carbons (Fsp3) is 0.286. The summed E-state index contributed by atoms with van der Waals surface area (Å²) < 4.78 is 0. The van der Waals surface area contributed by atoms with Crippen LogP contribution in [0.25, 0.3) is 0 Å². The van der Waals surface area contributed by atoms with Gasteiger partial charge in [-0.3, -0.25) is 12.7 Å². The van der Waals surface area contributed by atoms with Gasteiger partial charge in [0, 0.05) is 0 Å². The quantitative estimate of drug-likeness (QED) is 0.235. The number of hydrogen-bond acceptors (Lipinski definition) is 0. The largest absolute Gasteiger partial charge is 3.00 e. The van der Waals surface area contributed by atoms with Crippen LogP contribution in [0.4, 0.5) is 0 Å². The minimum absolute atomic E-state index is 0. The first-order valence-electron chi connectivity index (χ1n) is 7.16. The van der Waals surface area contributed by atoms with Crippen molar-refractivity contribution in [2.75, 3.05) is 0 Å². The van der Waals surface area contributed by atoms with E-state index >= 15 is 0 Å². The summed E-state index contributed by atoms with van der Waals surface area (Å²) in [5.74, 6) is 0. The van der Waals surface area contributed by atoms with E-state index in [0.717, 1.165) is 12.0 Å². The van der Waals surface area contributed by atoms with E-state index in [2.05, 4.69) is 26.0 Å². The van der Waals surface area contributed by atoms with Gasteiger partial charge in [-0.15, -0.1) is 6.42 Å². The summed E-state index contributed by atoms with van der Waals surface area (Å²) in [6, 6.07) is 10.0. The summed E-state index contributed by atoms with van der Waals surface area (Å²) in [5.41, 5.74) is 2.13. The molecule has 1 aliphatic carbocycles. The van der Waals surface area contributed by atoms with Crippen molar-refractivity contribution in [3.05, 3.63) is 92.3 Å². The third-order valence-corrected chi connectivity index (χ3v) is 1.66. The molecule has 0 saturated carbocycles. The molecule has 2 rings (SSSR count). The van der Waals surface area contributed by atoms with E-state index in [-0.39, 0.29) is 39.0 Å². The second-order valence-corrected chi connectivity index (χ2v) is 3.93. The minimum Gasteiger partial charge on any atom is -0.346 e. The number of hydrogen-bond donors (Lipinski definition) is 0. The van der Waals surface area contributed by atoms with Crippen molar-refractivity contribution in [1.29, 1.82) is 0 Å². The summed E-state index contributed by atoms with van der Waals surface area (Å²) in [6.07, 6.45) is 11.9. The molecule has 0 fully saturated rings. The van der Waals surface area contributed by atoms with Crippen LogP contribution in [-0.4, -0.2) is 0 Å². The molecule has 0 saturated heterocycles. The molecule has 1 aliphatic rings. The first-order valence-corrected chi connectivity index (χ1v) is 7.16. The van der Waals surface area contributed by atoms with Crippen molar-refractivity contribution < 1.29 is 39.0 Å². The van der Waals surface area contributed by atoms with Gasteiger partial charge in [0.15, 0.2) is 0 Å². The molecule has 1 aromatic carbocycles. The van der Waals surface area contributed by atoms with Gasteiger partial charge in [0.05, 0.1) is 0 Å². The molecule has 1 radical (unpaired) electrons. The summed E-state index contributed by atoms with van der Waals surface area (Å²) in [7, 11) is 0. The second kappa shape index (κ2) is 33.2. The zero-order valence-corrected chi connectivity index (χ0v) is 18.6. The third-order valence-electron chi connectivity index (χ3n) is 1.66. The van der Waals surface area contributed by atoms with E-state index in [4.69, 9.17) is 6.58 Å². The molecule has 2 heteroatoms. The molecule has 0 heterocycles. The van der Waals surface area contributed by atoms with Crippen molar-refractivity contribution >= 4 is 0 Å². The Morgan fingerprint density at radius 1 is 1.09 bits per heavy atom. The van der Waals surface area contributed by atoms with E-state index < -0.39 is 0 Å². The van der Waals surface area contributed by atoms with Crippen molar-refractivity contribution in [1.82, 2.24) is 0 Å². The van der Waals surface area contributed by atoms with Gasteiger partial charge >= 0.3 is 39.0 Å². The Hall–Kier alpha value is -0.443. The maximum atomic E-state index is 5.33. The Kier molecular flexibility index (Phi) is 49.1. The Balaban J connectivity index is -0.0000000615. The Bertz CT molecular complexity index is 337. The monoisotopic (exact) mass is 487 g/mol. The molecular formula is C21H31Ru2. The SMILES string of the molecule is [C-]1=CC=CC1.[CH-]=C(C)C=C(C)C.[CH2-]C.[CH2-]C.[Ru+2].[Ru+3].c1cc[cH-]c1. The maximum Gasteiger partial charge on any atom is 3.00 e. The Morgan fingerprint density at radius 3 is 1.65 bits per heavy atom. The van der Waals surface area contributed by atoms with Gasteiger partial charge < -0.3 is 13.8 Å². The molecular weight excluding hydrogens is 454 g/mol. The molecule has 0 aliphatic heterocycles. The fourth-order valence-corrected chi connectivity index (χ4v) is 1.12. The molecule has 23 heavy (non-hydrogen) atoms. The van der Waals surface area contributed by atoms with Crippen LogP contribution in [-0.2, 0) is 39.0 Å². The molecule has 0 spiro atoms. The van der Waals surface area contributed by atoms with E-state index in [0.29, 0.717) is 0 Å². The summed E-state index contributed by atoms with van der Waals surface area (Å²) in [5, 5.41) is 0. The van der Waals surface area contributed by atoms with Crippen LogP contribution in [0.2, 0.25) is 0 Å². The molecule has 0 unspecified atom stereocenters. The predicted octanol–water partition coefficient (Wildman–Crippen LogP) is 6.72. The average Bonchev–Trinajstić information content (AvgIpc) is 3.20. The van der Waals surface area contributed by atoms with Crippen molar-refractivity contribution in [2.45, 2.75) is 41.0 Å². The molecule has 131 valence electrons. The van der Waals surface area contributed by atoms with E-state index in [1.165, 1.54) is 5.57 Å². The third kappa shape index (κ3) is 44.9. The number of rotatable bonds is 1. The van der Waals surface area contributed by atoms with Crippen LogP contribution >= 0.6 is 0 Å². The first-order chi connectivity index (χ1) is 10.1. The van der Waals surface area contributed by atoms with Crippen LogP contribution < -0.4 is 0 Å². The van der Waals surface area contributed by atoms with Gasteiger partial charge in [0.1, 0.15) is 0 Å². The van der Waals surface area contributed by atoms with Crippen LogP contribution in [0, 0.1) is 26.5 Å². The second-order valence-electron chi connectivity index (χ2n) is 3.93. The van der Waals surface area contributed by atoms with Gasteiger partial charge in [-0.2, -0.15) is 43.7 Å². The van der Waals surface area contributed by atoms with Crippen LogP contribution in [0.5, 0.6) is 0 Å². The molecule has 0 atom stereocenters. The maximum absolute atomic E-state index is 5.33. The average molecular weight is 486 g/mol. The van der Waals surface area contributed by atoms with Gasteiger partial charge in [-0.25, -0.2) is 35.9 Å². The van der Waals surface area contributed by atoms with Crippen LogP contribution in [0.1, 0.15) is 41.0 Å². The Morgan fingerprint density at radius 2 is 1.57 bits per heavy atom.